The van der Waals surface area contributed by atoms with E-state index in [0.29, 0.717) is 17.6 Å². The molecular formula is C12H15BrFNO2. The fourth-order valence-electron chi connectivity index (χ4n) is 2.02. The maximum Gasteiger partial charge on any atom is 0.203 e. The van der Waals surface area contributed by atoms with Crippen molar-refractivity contribution in [3.63, 3.8) is 0 Å². The summed E-state index contributed by atoms with van der Waals surface area (Å²) in [6, 6.07) is 3.32. The van der Waals surface area contributed by atoms with Crippen LogP contribution in [0.25, 0.3) is 0 Å². The summed E-state index contributed by atoms with van der Waals surface area (Å²) < 4.78 is 24.4. The third kappa shape index (κ3) is 2.19. The van der Waals surface area contributed by atoms with E-state index in [9.17, 15) is 4.39 Å². The van der Waals surface area contributed by atoms with E-state index in [1.165, 1.54) is 6.07 Å². The average Bonchev–Trinajstić information content (AvgIpc) is 2.25. The third-order valence-electron chi connectivity index (χ3n) is 3.19. The minimum absolute atomic E-state index is 0.239. The Labute approximate surface area is 109 Å². The summed E-state index contributed by atoms with van der Waals surface area (Å²) in [6.07, 6.45) is 0. The monoisotopic (exact) mass is 303 g/mol. The molecule has 0 spiro atoms. The van der Waals surface area contributed by atoms with Gasteiger partial charge in [-0.3, -0.25) is 0 Å². The molecule has 0 unspecified atom stereocenters. The molecule has 1 aliphatic rings. The Morgan fingerprint density at radius 3 is 2.41 bits per heavy atom. The van der Waals surface area contributed by atoms with Crippen LogP contribution in [0.2, 0.25) is 0 Å². The first-order chi connectivity index (χ1) is 8.01. The quantitative estimate of drug-likeness (QED) is 0.802. The highest BCUT2D eigenvalue weighted by molar-refractivity contribution is 9.10. The van der Waals surface area contributed by atoms with Gasteiger partial charge in [0.05, 0.1) is 17.6 Å². The molecule has 3 nitrogen and oxygen atoms in total. The number of hydrogen-bond acceptors (Lipinski definition) is 3. The Morgan fingerprint density at radius 2 is 1.88 bits per heavy atom. The smallest absolute Gasteiger partial charge is 0.203 e. The molecule has 5 heteroatoms. The predicted molar refractivity (Wildman–Crippen MR) is 67.8 cm³/mol. The summed E-state index contributed by atoms with van der Waals surface area (Å²) >= 11 is 3.20. The Morgan fingerprint density at radius 1 is 1.29 bits per heavy atom. The van der Waals surface area contributed by atoms with Gasteiger partial charge in [0.2, 0.25) is 5.79 Å². The lowest BCUT2D eigenvalue weighted by Crippen LogP contribution is -2.64. The van der Waals surface area contributed by atoms with Crippen LogP contribution < -0.4 is 4.90 Å². The zero-order chi connectivity index (χ0) is 12.6. The van der Waals surface area contributed by atoms with E-state index < -0.39 is 5.79 Å². The van der Waals surface area contributed by atoms with Crippen molar-refractivity contribution in [2.45, 2.75) is 12.7 Å². The number of halogens is 2. The van der Waals surface area contributed by atoms with Crippen LogP contribution in [0.1, 0.15) is 5.56 Å². The highest BCUT2D eigenvalue weighted by atomic mass is 79.9. The lowest BCUT2D eigenvalue weighted by Gasteiger charge is -2.49. The molecule has 2 rings (SSSR count). The van der Waals surface area contributed by atoms with Crippen LogP contribution in [0.5, 0.6) is 0 Å². The lowest BCUT2D eigenvalue weighted by molar-refractivity contribution is -0.219. The van der Waals surface area contributed by atoms with Crippen LogP contribution in [0.3, 0.4) is 0 Å². The molecule has 0 aromatic heterocycles. The maximum atomic E-state index is 13.3. The molecule has 1 aromatic carbocycles. The first kappa shape index (κ1) is 12.8. The molecule has 94 valence electrons. The molecule has 0 bridgehead atoms. The largest absolute Gasteiger partial charge is 0.360 e. The number of ether oxygens (including phenoxy) is 2. The Kier molecular flexibility index (Phi) is 3.43. The number of rotatable bonds is 3. The van der Waals surface area contributed by atoms with Gasteiger partial charge in [-0.25, -0.2) is 4.39 Å². The van der Waals surface area contributed by atoms with Gasteiger partial charge in [-0.05, 0) is 40.5 Å². The fourth-order valence-corrected chi connectivity index (χ4v) is 2.35. The molecule has 1 fully saturated rings. The molecule has 1 heterocycles. The number of methoxy groups -OCH3 is 2. The van der Waals surface area contributed by atoms with Crippen molar-refractivity contribution < 1.29 is 13.9 Å². The molecule has 1 aromatic rings. The average molecular weight is 304 g/mol. The molecule has 17 heavy (non-hydrogen) atoms. The minimum atomic E-state index is -0.521. The van der Waals surface area contributed by atoms with Crippen LogP contribution in [-0.2, 0) is 9.47 Å². The van der Waals surface area contributed by atoms with Crippen molar-refractivity contribution in [1.82, 2.24) is 0 Å². The Hall–Kier alpha value is -0.650. The molecule has 0 N–H and O–H groups in total. The van der Waals surface area contributed by atoms with Crippen LogP contribution in [-0.4, -0.2) is 33.1 Å². The standard InChI is InChI=1S/C12H15BrFNO2/c1-8-4-10(14)9(13)5-11(8)15-6-12(7-15,16-2)17-3/h4-5H,6-7H2,1-3H3. The summed E-state index contributed by atoms with van der Waals surface area (Å²) in [7, 11) is 3.27. The van der Waals surface area contributed by atoms with E-state index >= 15 is 0 Å². The van der Waals surface area contributed by atoms with Gasteiger partial charge in [0.15, 0.2) is 0 Å². The molecule has 1 aliphatic heterocycles. The molecular weight excluding hydrogens is 289 g/mol. The van der Waals surface area contributed by atoms with E-state index in [2.05, 4.69) is 20.8 Å². The van der Waals surface area contributed by atoms with Crippen molar-refractivity contribution in [3.05, 3.63) is 28.0 Å². The van der Waals surface area contributed by atoms with Crippen molar-refractivity contribution in [2.24, 2.45) is 0 Å². The van der Waals surface area contributed by atoms with Gasteiger partial charge < -0.3 is 14.4 Å². The van der Waals surface area contributed by atoms with E-state index in [4.69, 9.17) is 9.47 Å². The first-order valence-corrected chi connectivity index (χ1v) is 6.11. The number of nitrogens with zero attached hydrogens (tertiary/aromatic N) is 1. The topological polar surface area (TPSA) is 21.7 Å². The summed E-state index contributed by atoms with van der Waals surface area (Å²) in [5, 5.41) is 0. The summed E-state index contributed by atoms with van der Waals surface area (Å²) in [5.74, 6) is -0.760. The minimum Gasteiger partial charge on any atom is -0.360 e. The Balaban J connectivity index is 2.19. The highest BCUT2D eigenvalue weighted by Crippen LogP contribution is 2.35. The van der Waals surface area contributed by atoms with Gasteiger partial charge in [-0.1, -0.05) is 0 Å². The highest BCUT2D eigenvalue weighted by Gasteiger charge is 2.44. The maximum absolute atomic E-state index is 13.3. The van der Waals surface area contributed by atoms with Gasteiger partial charge >= 0.3 is 0 Å². The molecule has 0 saturated carbocycles. The zero-order valence-corrected chi connectivity index (χ0v) is 11.7. The SMILES string of the molecule is COC1(OC)CN(c2cc(Br)c(F)cc2C)C1. The van der Waals surface area contributed by atoms with Crippen LogP contribution in [0.4, 0.5) is 10.1 Å². The number of anilines is 1. The summed E-state index contributed by atoms with van der Waals surface area (Å²) in [6.45, 7) is 3.20. The van der Waals surface area contributed by atoms with E-state index in [1.807, 2.05) is 6.92 Å². The van der Waals surface area contributed by atoms with Gasteiger partial charge in [-0.2, -0.15) is 0 Å². The van der Waals surface area contributed by atoms with Gasteiger partial charge in [0, 0.05) is 19.9 Å². The molecule has 0 aliphatic carbocycles. The van der Waals surface area contributed by atoms with E-state index in [-0.39, 0.29) is 5.82 Å². The van der Waals surface area contributed by atoms with Crippen LogP contribution in [0, 0.1) is 12.7 Å². The van der Waals surface area contributed by atoms with Gasteiger partial charge in [0.1, 0.15) is 5.82 Å². The summed E-state index contributed by atoms with van der Waals surface area (Å²) in [5.41, 5.74) is 1.91. The first-order valence-electron chi connectivity index (χ1n) is 5.32. The van der Waals surface area contributed by atoms with Gasteiger partial charge in [0.25, 0.3) is 0 Å². The second kappa shape index (κ2) is 4.55. The molecule has 0 atom stereocenters. The van der Waals surface area contributed by atoms with Crippen LogP contribution >= 0.6 is 15.9 Å². The predicted octanol–water partition coefficient (Wildman–Crippen LogP) is 2.71. The van der Waals surface area contributed by atoms with Crippen molar-refractivity contribution in [2.75, 3.05) is 32.2 Å². The summed E-state index contributed by atoms with van der Waals surface area (Å²) in [4.78, 5) is 2.10. The molecule has 0 radical (unpaired) electrons. The van der Waals surface area contributed by atoms with Crippen molar-refractivity contribution in [3.8, 4) is 0 Å². The third-order valence-corrected chi connectivity index (χ3v) is 3.79. The second-order valence-corrected chi connectivity index (χ2v) is 5.08. The lowest BCUT2D eigenvalue weighted by atomic mass is 10.0. The molecule has 1 saturated heterocycles. The van der Waals surface area contributed by atoms with Gasteiger partial charge in [-0.15, -0.1) is 0 Å². The zero-order valence-electron chi connectivity index (χ0n) is 10.1. The second-order valence-electron chi connectivity index (χ2n) is 4.23. The Bertz CT molecular complexity index is 427. The number of benzene rings is 1. The van der Waals surface area contributed by atoms with E-state index in [1.54, 1.807) is 20.3 Å². The van der Waals surface area contributed by atoms with Crippen molar-refractivity contribution in [1.29, 1.82) is 0 Å². The number of aryl methyl sites for hydroxylation is 1. The van der Waals surface area contributed by atoms with E-state index in [0.717, 1.165) is 11.3 Å². The van der Waals surface area contributed by atoms with Crippen molar-refractivity contribution >= 4 is 21.6 Å². The fraction of sp³-hybridized carbons (Fsp3) is 0.500. The normalized spacial score (nSPS) is 18.1. The van der Waals surface area contributed by atoms with Crippen LogP contribution in [0.15, 0.2) is 16.6 Å². The number of hydrogen-bond donors (Lipinski definition) is 0. The molecule has 0 amide bonds.